The zero-order chi connectivity index (χ0) is 12.4. The van der Waals surface area contributed by atoms with Crippen LogP contribution in [0.2, 0.25) is 0 Å². The van der Waals surface area contributed by atoms with Crippen LogP contribution < -0.4 is 11.1 Å². The van der Waals surface area contributed by atoms with Crippen molar-refractivity contribution in [3.05, 3.63) is 0 Å². The zero-order valence-electron chi connectivity index (χ0n) is 10.7. The minimum Gasteiger partial charge on any atom is -0.388 e. The van der Waals surface area contributed by atoms with E-state index in [1.165, 1.54) is 0 Å². The van der Waals surface area contributed by atoms with Gasteiger partial charge in [-0.3, -0.25) is 0 Å². The highest BCUT2D eigenvalue weighted by molar-refractivity contribution is 7.98. The number of nitrogens with two attached hydrogens (primary N) is 1. The number of hydrogen-bond donors (Lipinski definition) is 3. The summed E-state index contributed by atoms with van der Waals surface area (Å²) in [7, 11) is 1.69. The molecule has 0 rings (SSSR count). The van der Waals surface area contributed by atoms with Gasteiger partial charge in [0.05, 0.1) is 12.2 Å². The number of ether oxygens (including phenoxy) is 1. The second-order valence-corrected chi connectivity index (χ2v) is 5.26. The van der Waals surface area contributed by atoms with Crippen LogP contribution in [0.3, 0.4) is 0 Å². The van der Waals surface area contributed by atoms with Gasteiger partial charge in [0.15, 0.2) is 0 Å². The molecule has 4 N–H and O–H groups in total. The highest BCUT2D eigenvalue weighted by Crippen LogP contribution is 2.10. The third-order valence-corrected chi connectivity index (χ3v) is 3.26. The lowest BCUT2D eigenvalue weighted by atomic mass is 10.1. The monoisotopic (exact) mass is 250 g/mol. The molecule has 0 bridgehead atoms. The highest BCUT2D eigenvalue weighted by atomic mass is 32.2. The normalized spacial score (nSPS) is 17.1. The van der Waals surface area contributed by atoms with Crippen molar-refractivity contribution in [1.29, 1.82) is 0 Å². The Kier molecular flexibility index (Phi) is 9.35. The third-order valence-electron chi connectivity index (χ3n) is 2.35. The van der Waals surface area contributed by atoms with Gasteiger partial charge in [0.1, 0.15) is 0 Å². The van der Waals surface area contributed by atoms with Crippen LogP contribution in [0.1, 0.15) is 19.8 Å². The topological polar surface area (TPSA) is 67.5 Å². The van der Waals surface area contributed by atoms with E-state index in [-0.39, 0.29) is 6.04 Å². The fourth-order valence-corrected chi connectivity index (χ4v) is 2.26. The summed E-state index contributed by atoms with van der Waals surface area (Å²) in [5.74, 6) is 0.733. The molecule has 0 heterocycles. The molecule has 2 atom stereocenters. The predicted octanol–water partition coefficient (Wildman–Crippen LogP) is 0.444. The molecule has 16 heavy (non-hydrogen) atoms. The second-order valence-electron chi connectivity index (χ2n) is 4.39. The minimum atomic E-state index is -0.659. The summed E-state index contributed by atoms with van der Waals surface area (Å²) < 4.78 is 5.14. The van der Waals surface area contributed by atoms with E-state index >= 15 is 0 Å². The molecular weight excluding hydrogens is 224 g/mol. The van der Waals surface area contributed by atoms with Crippen molar-refractivity contribution in [2.45, 2.75) is 31.4 Å². The summed E-state index contributed by atoms with van der Waals surface area (Å²) in [6, 6.07) is 0.280. The predicted molar refractivity (Wildman–Crippen MR) is 71.0 cm³/mol. The molecule has 0 amide bonds. The van der Waals surface area contributed by atoms with Gasteiger partial charge in [-0.25, -0.2) is 0 Å². The summed E-state index contributed by atoms with van der Waals surface area (Å²) in [6.07, 6.45) is 3.96. The molecule has 0 aromatic heterocycles. The minimum absolute atomic E-state index is 0.280. The van der Waals surface area contributed by atoms with Crippen molar-refractivity contribution in [1.82, 2.24) is 5.32 Å². The van der Waals surface area contributed by atoms with Crippen molar-refractivity contribution in [2.75, 3.05) is 38.8 Å². The Morgan fingerprint density at radius 2 is 2.25 bits per heavy atom. The molecule has 5 heteroatoms. The molecule has 0 radical (unpaired) electrons. The van der Waals surface area contributed by atoms with E-state index in [2.05, 4.69) is 5.32 Å². The van der Waals surface area contributed by atoms with E-state index in [9.17, 15) is 5.11 Å². The summed E-state index contributed by atoms with van der Waals surface area (Å²) in [5.41, 5.74) is 4.82. The van der Waals surface area contributed by atoms with Gasteiger partial charge in [0.2, 0.25) is 0 Å². The molecule has 0 aromatic rings. The maximum Gasteiger partial charge on any atom is 0.0833 e. The van der Waals surface area contributed by atoms with Crippen LogP contribution in [0.25, 0.3) is 0 Å². The average Bonchev–Trinajstić information content (AvgIpc) is 2.22. The Labute approximate surface area is 103 Å². The van der Waals surface area contributed by atoms with Gasteiger partial charge in [0, 0.05) is 25.4 Å². The van der Waals surface area contributed by atoms with E-state index in [1.54, 1.807) is 18.9 Å². The highest BCUT2D eigenvalue weighted by Gasteiger charge is 2.20. The maximum absolute atomic E-state index is 10.0. The Bertz CT molecular complexity index is 168. The molecule has 0 fully saturated rings. The number of rotatable bonds is 10. The van der Waals surface area contributed by atoms with Gasteiger partial charge in [-0.15, -0.1) is 0 Å². The van der Waals surface area contributed by atoms with Gasteiger partial charge in [-0.1, -0.05) is 0 Å². The lowest BCUT2D eigenvalue weighted by molar-refractivity contribution is 0.0734. The number of hydrogen-bond acceptors (Lipinski definition) is 5. The first-order valence-electron chi connectivity index (χ1n) is 5.69. The van der Waals surface area contributed by atoms with Gasteiger partial charge in [0.25, 0.3) is 0 Å². The van der Waals surface area contributed by atoms with Crippen LogP contribution in [0, 0.1) is 0 Å². The summed E-state index contributed by atoms with van der Waals surface area (Å²) in [5, 5.41) is 13.3. The summed E-state index contributed by atoms with van der Waals surface area (Å²) in [6.45, 7) is 3.80. The molecule has 98 valence electrons. The quantitative estimate of drug-likeness (QED) is 0.525. The third kappa shape index (κ3) is 8.35. The lowest BCUT2D eigenvalue weighted by Crippen LogP contribution is -2.45. The molecular formula is C11H26N2O2S. The van der Waals surface area contributed by atoms with Crippen LogP contribution in [-0.4, -0.2) is 55.6 Å². The molecule has 0 aliphatic carbocycles. The average molecular weight is 250 g/mol. The first kappa shape index (κ1) is 16.2. The van der Waals surface area contributed by atoms with Crippen molar-refractivity contribution in [3.63, 3.8) is 0 Å². The van der Waals surface area contributed by atoms with Gasteiger partial charge in [-0.05, 0) is 32.6 Å². The SMILES string of the molecule is COCC(CCCN)NCC(C)(O)CSC. The molecule has 0 saturated carbocycles. The smallest absolute Gasteiger partial charge is 0.0833 e. The molecule has 2 unspecified atom stereocenters. The number of aliphatic hydroxyl groups is 1. The molecule has 4 nitrogen and oxygen atoms in total. The van der Waals surface area contributed by atoms with E-state index in [0.29, 0.717) is 19.7 Å². The van der Waals surface area contributed by atoms with Gasteiger partial charge >= 0.3 is 0 Å². The second kappa shape index (κ2) is 9.24. The first-order chi connectivity index (χ1) is 7.55. The van der Waals surface area contributed by atoms with Gasteiger partial charge in [-0.2, -0.15) is 11.8 Å². The molecule has 0 aromatic carbocycles. The Hall–Kier alpha value is 0.190. The fourth-order valence-electron chi connectivity index (χ4n) is 1.54. The Morgan fingerprint density at radius 1 is 1.56 bits per heavy atom. The summed E-state index contributed by atoms with van der Waals surface area (Å²) in [4.78, 5) is 0. The molecule has 0 spiro atoms. The van der Waals surface area contributed by atoms with E-state index < -0.39 is 5.60 Å². The molecule has 0 saturated heterocycles. The molecule has 0 aliphatic heterocycles. The number of methoxy groups -OCH3 is 1. The Morgan fingerprint density at radius 3 is 2.75 bits per heavy atom. The van der Waals surface area contributed by atoms with Crippen molar-refractivity contribution < 1.29 is 9.84 Å². The van der Waals surface area contributed by atoms with Gasteiger partial charge < -0.3 is 20.9 Å². The fraction of sp³-hybridized carbons (Fsp3) is 1.00. The summed E-state index contributed by atoms with van der Waals surface area (Å²) >= 11 is 1.65. The van der Waals surface area contributed by atoms with Crippen LogP contribution in [0.4, 0.5) is 0 Å². The molecule has 0 aliphatic rings. The largest absolute Gasteiger partial charge is 0.388 e. The number of thioether (sulfide) groups is 1. The lowest BCUT2D eigenvalue weighted by Gasteiger charge is -2.26. The van der Waals surface area contributed by atoms with Crippen LogP contribution in [0.5, 0.6) is 0 Å². The van der Waals surface area contributed by atoms with Crippen LogP contribution in [0.15, 0.2) is 0 Å². The van der Waals surface area contributed by atoms with Crippen molar-refractivity contribution in [3.8, 4) is 0 Å². The van der Waals surface area contributed by atoms with E-state index in [4.69, 9.17) is 10.5 Å². The zero-order valence-corrected chi connectivity index (χ0v) is 11.5. The first-order valence-corrected chi connectivity index (χ1v) is 7.09. The van der Waals surface area contributed by atoms with Crippen molar-refractivity contribution >= 4 is 11.8 Å². The van der Waals surface area contributed by atoms with Crippen LogP contribution in [-0.2, 0) is 4.74 Å². The van der Waals surface area contributed by atoms with E-state index in [1.807, 2.05) is 13.2 Å². The van der Waals surface area contributed by atoms with E-state index in [0.717, 1.165) is 18.6 Å². The Balaban J connectivity index is 3.89. The van der Waals surface area contributed by atoms with Crippen molar-refractivity contribution in [2.24, 2.45) is 5.73 Å². The maximum atomic E-state index is 10.0. The van der Waals surface area contributed by atoms with Crippen LogP contribution >= 0.6 is 11.8 Å². The number of nitrogens with one attached hydrogen (secondary N) is 1. The standard InChI is InChI=1S/C11H26N2O2S/c1-11(14,9-16-3)8-13-10(7-15-2)5-4-6-12/h10,13-14H,4-9,12H2,1-3H3.